The van der Waals surface area contributed by atoms with Crippen LogP contribution in [-0.4, -0.2) is 46.1 Å². The van der Waals surface area contributed by atoms with Crippen LogP contribution in [0.1, 0.15) is 11.1 Å². The van der Waals surface area contributed by atoms with Crippen molar-refractivity contribution in [1.82, 2.24) is 4.31 Å². The first-order chi connectivity index (χ1) is 13.4. The van der Waals surface area contributed by atoms with Crippen molar-refractivity contribution in [3.63, 3.8) is 0 Å². The minimum atomic E-state index is -3.49. The zero-order valence-corrected chi connectivity index (χ0v) is 16.4. The summed E-state index contributed by atoms with van der Waals surface area (Å²) in [4.78, 5) is 14.6. The average Bonchev–Trinajstić information content (AvgIpc) is 3.31. The summed E-state index contributed by atoms with van der Waals surface area (Å²) in [5, 5.41) is 0. The molecular formula is C20H20N2O5S. The fraction of sp³-hybridized carbons (Fsp3) is 0.250. The number of ether oxygens (including phenoxy) is 2. The molecule has 0 saturated heterocycles. The Kier molecular flexibility index (Phi) is 4.60. The number of fused-ring (bicyclic) bond motifs is 2. The SMILES string of the molecule is CN(C)S(=O)(=O)c1ccc2c(c1)CCN2C(=O)/C=C/c1ccc2c(c1)OCO2. The summed E-state index contributed by atoms with van der Waals surface area (Å²) in [5.41, 5.74) is 2.44. The highest BCUT2D eigenvalue weighted by Gasteiger charge is 2.26. The number of sulfonamides is 1. The molecule has 7 nitrogen and oxygen atoms in total. The van der Waals surface area contributed by atoms with E-state index < -0.39 is 10.0 Å². The molecule has 0 spiro atoms. The van der Waals surface area contributed by atoms with Crippen molar-refractivity contribution in [2.45, 2.75) is 11.3 Å². The molecule has 2 aliphatic rings. The van der Waals surface area contributed by atoms with Crippen LogP contribution in [0, 0.1) is 0 Å². The van der Waals surface area contributed by atoms with Crippen molar-refractivity contribution in [3.8, 4) is 11.5 Å². The molecule has 146 valence electrons. The van der Waals surface area contributed by atoms with Crippen LogP contribution in [0.4, 0.5) is 5.69 Å². The normalized spacial score (nSPS) is 15.5. The van der Waals surface area contributed by atoms with Gasteiger partial charge in [0.15, 0.2) is 11.5 Å². The Morgan fingerprint density at radius 1 is 1.11 bits per heavy atom. The number of amides is 1. The summed E-state index contributed by atoms with van der Waals surface area (Å²) in [6.07, 6.45) is 3.86. The molecule has 0 fully saturated rings. The van der Waals surface area contributed by atoms with Crippen LogP contribution in [0.15, 0.2) is 47.4 Å². The fourth-order valence-corrected chi connectivity index (χ4v) is 4.21. The average molecular weight is 400 g/mol. The maximum Gasteiger partial charge on any atom is 0.251 e. The predicted molar refractivity (Wildman–Crippen MR) is 105 cm³/mol. The number of rotatable bonds is 4. The van der Waals surface area contributed by atoms with Gasteiger partial charge in [-0.1, -0.05) is 6.07 Å². The minimum absolute atomic E-state index is 0.153. The van der Waals surface area contributed by atoms with Gasteiger partial charge in [0.1, 0.15) is 0 Å². The number of carbonyl (C=O) groups is 1. The van der Waals surface area contributed by atoms with Crippen molar-refractivity contribution in [1.29, 1.82) is 0 Å². The lowest BCUT2D eigenvalue weighted by Gasteiger charge is -2.16. The van der Waals surface area contributed by atoms with Gasteiger partial charge in [-0.3, -0.25) is 4.79 Å². The van der Waals surface area contributed by atoms with Crippen molar-refractivity contribution >= 4 is 27.7 Å². The van der Waals surface area contributed by atoms with Gasteiger partial charge in [0.25, 0.3) is 5.91 Å². The second-order valence-corrected chi connectivity index (χ2v) is 8.92. The summed E-state index contributed by atoms with van der Waals surface area (Å²) in [6.45, 7) is 0.725. The molecule has 1 amide bonds. The number of carbonyl (C=O) groups excluding carboxylic acids is 1. The molecule has 0 bridgehead atoms. The molecule has 0 N–H and O–H groups in total. The Labute approximate surface area is 163 Å². The Hall–Kier alpha value is -2.84. The van der Waals surface area contributed by atoms with Crippen molar-refractivity contribution in [2.75, 3.05) is 32.3 Å². The van der Waals surface area contributed by atoms with Crippen LogP contribution in [-0.2, 0) is 21.2 Å². The molecule has 2 heterocycles. The lowest BCUT2D eigenvalue weighted by Crippen LogP contribution is -2.27. The second-order valence-electron chi connectivity index (χ2n) is 6.76. The zero-order chi connectivity index (χ0) is 19.9. The van der Waals surface area contributed by atoms with Gasteiger partial charge in [0.2, 0.25) is 16.8 Å². The van der Waals surface area contributed by atoms with E-state index >= 15 is 0 Å². The largest absolute Gasteiger partial charge is 0.454 e. The highest BCUT2D eigenvalue weighted by Crippen LogP contribution is 2.33. The van der Waals surface area contributed by atoms with Crippen molar-refractivity contribution in [3.05, 3.63) is 53.6 Å². The van der Waals surface area contributed by atoms with E-state index in [1.54, 1.807) is 29.2 Å². The van der Waals surface area contributed by atoms with E-state index in [9.17, 15) is 13.2 Å². The molecule has 0 atom stereocenters. The number of hydrogen-bond donors (Lipinski definition) is 0. The van der Waals surface area contributed by atoms with E-state index in [0.717, 1.165) is 16.8 Å². The summed E-state index contributed by atoms with van der Waals surface area (Å²) in [7, 11) is -0.495. The lowest BCUT2D eigenvalue weighted by molar-refractivity contribution is -0.114. The van der Waals surface area contributed by atoms with Crippen molar-refractivity contribution < 1.29 is 22.7 Å². The van der Waals surface area contributed by atoms with Gasteiger partial charge < -0.3 is 14.4 Å². The van der Waals surface area contributed by atoms with E-state index in [-0.39, 0.29) is 17.6 Å². The van der Waals surface area contributed by atoms with Gasteiger partial charge >= 0.3 is 0 Å². The zero-order valence-electron chi connectivity index (χ0n) is 15.6. The van der Waals surface area contributed by atoms with E-state index in [1.165, 1.54) is 24.5 Å². The maximum absolute atomic E-state index is 12.7. The van der Waals surface area contributed by atoms with Gasteiger partial charge in [-0.25, -0.2) is 12.7 Å². The predicted octanol–water partition coefficient (Wildman–Crippen LogP) is 2.27. The van der Waals surface area contributed by atoms with Gasteiger partial charge in [-0.2, -0.15) is 0 Å². The first-order valence-electron chi connectivity index (χ1n) is 8.81. The third kappa shape index (κ3) is 3.25. The topological polar surface area (TPSA) is 76.2 Å². The van der Waals surface area contributed by atoms with E-state index in [0.29, 0.717) is 24.5 Å². The third-order valence-electron chi connectivity index (χ3n) is 4.81. The standard InChI is InChI=1S/C20H20N2O5S/c1-21(2)28(24,25)16-5-6-17-15(12-16)9-10-22(17)20(23)8-4-14-3-7-18-19(11-14)27-13-26-18/h3-8,11-12H,9-10,13H2,1-2H3/b8-4+. The minimum Gasteiger partial charge on any atom is -0.454 e. The molecule has 4 rings (SSSR count). The Morgan fingerprint density at radius 3 is 2.68 bits per heavy atom. The third-order valence-corrected chi connectivity index (χ3v) is 6.62. The molecule has 0 aliphatic carbocycles. The number of benzene rings is 2. The molecule has 2 aromatic carbocycles. The fourth-order valence-electron chi connectivity index (χ4n) is 3.25. The van der Waals surface area contributed by atoms with Crippen LogP contribution in [0.2, 0.25) is 0 Å². The van der Waals surface area contributed by atoms with Crippen LogP contribution in [0.25, 0.3) is 6.08 Å². The van der Waals surface area contributed by atoms with Gasteiger partial charge in [0.05, 0.1) is 4.90 Å². The van der Waals surface area contributed by atoms with Crippen LogP contribution < -0.4 is 14.4 Å². The van der Waals surface area contributed by atoms with Crippen LogP contribution in [0.3, 0.4) is 0 Å². The summed E-state index contributed by atoms with van der Waals surface area (Å²) in [5.74, 6) is 1.20. The Morgan fingerprint density at radius 2 is 1.89 bits per heavy atom. The van der Waals surface area contributed by atoms with E-state index in [4.69, 9.17) is 9.47 Å². The van der Waals surface area contributed by atoms with E-state index in [2.05, 4.69) is 0 Å². The van der Waals surface area contributed by atoms with E-state index in [1.807, 2.05) is 18.2 Å². The molecule has 2 aromatic rings. The molecule has 0 aromatic heterocycles. The number of anilines is 1. The Bertz CT molecular complexity index is 1080. The summed E-state index contributed by atoms with van der Waals surface area (Å²) >= 11 is 0. The highest BCUT2D eigenvalue weighted by molar-refractivity contribution is 7.89. The first-order valence-corrected chi connectivity index (χ1v) is 10.2. The molecule has 28 heavy (non-hydrogen) atoms. The van der Waals surface area contributed by atoms with Gasteiger partial charge in [-0.15, -0.1) is 0 Å². The maximum atomic E-state index is 12.7. The highest BCUT2D eigenvalue weighted by atomic mass is 32.2. The monoisotopic (exact) mass is 400 g/mol. The molecule has 2 aliphatic heterocycles. The smallest absolute Gasteiger partial charge is 0.251 e. The lowest BCUT2D eigenvalue weighted by atomic mass is 10.1. The number of hydrogen-bond acceptors (Lipinski definition) is 5. The van der Waals surface area contributed by atoms with Gasteiger partial charge in [-0.05, 0) is 54.0 Å². The Balaban J connectivity index is 1.53. The quantitative estimate of drug-likeness (QED) is 0.736. The molecular weight excluding hydrogens is 380 g/mol. The van der Waals surface area contributed by atoms with Crippen molar-refractivity contribution in [2.24, 2.45) is 0 Å². The molecule has 0 radical (unpaired) electrons. The first kappa shape index (κ1) is 18.5. The van der Waals surface area contributed by atoms with Crippen LogP contribution in [0.5, 0.6) is 11.5 Å². The molecule has 0 saturated carbocycles. The summed E-state index contributed by atoms with van der Waals surface area (Å²) < 4.78 is 36.4. The van der Waals surface area contributed by atoms with Crippen LogP contribution >= 0.6 is 0 Å². The molecule has 0 unspecified atom stereocenters. The number of nitrogens with zero attached hydrogens (tertiary/aromatic N) is 2. The summed E-state index contributed by atoms with van der Waals surface area (Å²) in [6, 6.07) is 10.4. The molecule has 8 heteroatoms. The van der Waals surface area contributed by atoms with Gasteiger partial charge in [0, 0.05) is 32.4 Å². The second kappa shape index (κ2) is 6.96.